The van der Waals surface area contributed by atoms with E-state index in [1.807, 2.05) is 22.7 Å². The van der Waals surface area contributed by atoms with E-state index >= 15 is 0 Å². The van der Waals surface area contributed by atoms with Crippen LogP contribution in [0.3, 0.4) is 0 Å². The van der Waals surface area contributed by atoms with E-state index in [0.717, 1.165) is 33.6 Å². The van der Waals surface area contributed by atoms with Crippen LogP contribution in [-0.2, 0) is 0 Å². The van der Waals surface area contributed by atoms with Crippen molar-refractivity contribution in [2.45, 2.75) is 0 Å². The van der Waals surface area contributed by atoms with Crippen LogP contribution in [0.25, 0.3) is 73.1 Å². The molecule has 0 saturated heterocycles. The van der Waals surface area contributed by atoms with Gasteiger partial charge in [-0.3, -0.25) is 0 Å². The molecule has 0 N–H and O–H groups in total. The highest BCUT2D eigenvalue weighted by molar-refractivity contribution is 7.27. The summed E-state index contributed by atoms with van der Waals surface area (Å²) < 4.78 is 11.7. The Kier molecular flexibility index (Phi) is 5.06. The van der Waals surface area contributed by atoms with Gasteiger partial charge in [0.25, 0.3) is 0 Å². The molecule has 0 atom stereocenters. The fraction of sp³-hybridized carbons (Fsp3) is 0. The van der Waals surface area contributed by atoms with Crippen molar-refractivity contribution in [1.29, 1.82) is 0 Å². The number of hydrogen-bond acceptors (Lipinski definition) is 4. The van der Waals surface area contributed by atoms with Gasteiger partial charge in [0.15, 0.2) is 0 Å². The second kappa shape index (κ2) is 9.17. The highest BCUT2D eigenvalue weighted by Gasteiger charge is 2.19. The number of thiophene rings is 2. The lowest BCUT2D eigenvalue weighted by Gasteiger charge is -2.25. The first-order valence-electron chi connectivity index (χ1n) is 14.8. The van der Waals surface area contributed by atoms with Gasteiger partial charge in [-0.15, -0.1) is 22.7 Å². The molecular weight excluding hydrogens is 575 g/mol. The molecule has 206 valence electrons. The Morgan fingerprint density at radius 2 is 1.09 bits per heavy atom. The normalized spacial score (nSPS) is 12.1. The fourth-order valence-electron chi connectivity index (χ4n) is 6.78. The van der Waals surface area contributed by atoms with Crippen molar-refractivity contribution in [3.05, 3.63) is 140 Å². The molecule has 3 aromatic heterocycles. The van der Waals surface area contributed by atoms with Crippen molar-refractivity contribution in [1.82, 2.24) is 0 Å². The maximum absolute atomic E-state index is 6.46. The minimum absolute atomic E-state index is 0.909. The van der Waals surface area contributed by atoms with Gasteiger partial charge < -0.3 is 9.32 Å². The van der Waals surface area contributed by atoms with Crippen molar-refractivity contribution in [2.75, 3.05) is 4.90 Å². The summed E-state index contributed by atoms with van der Waals surface area (Å²) in [6.07, 6.45) is 0. The number of rotatable bonds is 3. The molecule has 0 aliphatic carbocycles. The van der Waals surface area contributed by atoms with E-state index in [4.69, 9.17) is 4.42 Å². The van der Waals surface area contributed by atoms with Gasteiger partial charge in [-0.05, 0) is 83.6 Å². The number of furan rings is 1. The first-order valence-corrected chi connectivity index (χ1v) is 16.4. The maximum Gasteiger partial charge on any atom is 0.136 e. The van der Waals surface area contributed by atoms with Gasteiger partial charge in [0.2, 0.25) is 0 Å². The van der Waals surface area contributed by atoms with Crippen LogP contribution in [0, 0.1) is 0 Å². The molecular formula is C40H23NOS2. The number of nitrogens with zero attached hydrogens (tertiary/aromatic N) is 1. The molecule has 0 bridgehead atoms. The van der Waals surface area contributed by atoms with E-state index in [1.54, 1.807) is 0 Å². The Hall–Kier alpha value is -5.16. The number of para-hydroxylation sites is 1. The van der Waals surface area contributed by atoms with Crippen LogP contribution in [0.5, 0.6) is 0 Å². The highest BCUT2D eigenvalue weighted by atomic mass is 32.1. The molecule has 3 heterocycles. The second-order valence-corrected chi connectivity index (χ2v) is 13.5. The molecule has 0 fully saturated rings. The average molecular weight is 598 g/mol. The molecule has 0 radical (unpaired) electrons. The van der Waals surface area contributed by atoms with Gasteiger partial charge >= 0.3 is 0 Å². The van der Waals surface area contributed by atoms with Gasteiger partial charge in [-0.25, -0.2) is 0 Å². The highest BCUT2D eigenvalue weighted by Crippen LogP contribution is 2.46. The molecule has 4 heteroatoms. The van der Waals surface area contributed by atoms with Crippen LogP contribution in [0.4, 0.5) is 17.1 Å². The van der Waals surface area contributed by atoms with Crippen LogP contribution in [0.1, 0.15) is 0 Å². The smallest absolute Gasteiger partial charge is 0.136 e. The van der Waals surface area contributed by atoms with Crippen molar-refractivity contribution in [2.24, 2.45) is 0 Å². The summed E-state index contributed by atoms with van der Waals surface area (Å²) in [7, 11) is 0. The number of hydrogen-bond donors (Lipinski definition) is 0. The molecule has 2 nitrogen and oxygen atoms in total. The molecule has 7 aromatic carbocycles. The Morgan fingerprint density at radius 3 is 2.00 bits per heavy atom. The molecule has 10 aromatic rings. The van der Waals surface area contributed by atoms with Gasteiger partial charge in [-0.2, -0.15) is 0 Å². The van der Waals surface area contributed by atoms with Gasteiger partial charge in [0.05, 0.1) is 0 Å². The Labute approximate surface area is 260 Å². The van der Waals surface area contributed by atoms with Crippen LogP contribution in [-0.4, -0.2) is 0 Å². The number of fused-ring (bicyclic) bond motifs is 11. The summed E-state index contributed by atoms with van der Waals surface area (Å²) in [5.74, 6) is 0. The predicted octanol–water partition coefficient (Wildman–Crippen LogP) is 12.9. The van der Waals surface area contributed by atoms with Crippen LogP contribution in [0.2, 0.25) is 0 Å². The minimum Gasteiger partial charge on any atom is -0.456 e. The van der Waals surface area contributed by atoms with Crippen molar-refractivity contribution in [3.63, 3.8) is 0 Å². The molecule has 0 spiro atoms. The molecule has 10 rings (SSSR count). The van der Waals surface area contributed by atoms with Gasteiger partial charge in [0, 0.05) is 68.2 Å². The molecule has 0 unspecified atom stereocenters. The third-order valence-corrected chi connectivity index (χ3v) is 11.1. The Morgan fingerprint density at radius 1 is 0.409 bits per heavy atom. The van der Waals surface area contributed by atoms with E-state index in [0.29, 0.717) is 0 Å². The van der Waals surface area contributed by atoms with E-state index in [1.165, 1.54) is 56.5 Å². The topological polar surface area (TPSA) is 16.4 Å². The lowest BCUT2D eigenvalue weighted by Crippen LogP contribution is -2.09. The lowest BCUT2D eigenvalue weighted by molar-refractivity contribution is 0.669. The number of benzene rings is 7. The van der Waals surface area contributed by atoms with Gasteiger partial charge in [0.1, 0.15) is 11.2 Å². The van der Waals surface area contributed by atoms with E-state index < -0.39 is 0 Å². The summed E-state index contributed by atoms with van der Waals surface area (Å²) in [4.78, 5) is 2.36. The molecule has 0 aliphatic heterocycles. The minimum atomic E-state index is 0.909. The quantitative estimate of drug-likeness (QED) is 0.201. The standard InChI is InChI=1S/C40H23NOS2/c1-2-10-26(11-3-1)41(28-14-16-30-29-12-6-7-13-36(29)43-38(30)23-28)27-15-18-34-33(22-27)39-35(42-34)19-17-31-32-20-24-8-4-5-9-25(24)21-37(32)44-40(31)39/h1-23H. The third kappa shape index (κ3) is 3.53. The number of anilines is 3. The second-order valence-electron chi connectivity index (χ2n) is 11.3. The summed E-state index contributed by atoms with van der Waals surface area (Å²) in [6.45, 7) is 0. The van der Waals surface area contributed by atoms with Crippen molar-refractivity contribution in [3.8, 4) is 0 Å². The monoisotopic (exact) mass is 597 g/mol. The Balaban J connectivity index is 1.22. The lowest BCUT2D eigenvalue weighted by atomic mass is 10.0. The van der Waals surface area contributed by atoms with Crippen molar-refractivity contribution >= 4 is 113 Å². The first-order chi connectivity index (χ1) is 21.8. The molecule has 0 amide bonds. The maximum atomic E-state index is 6.46. The zero-order chi connectivity index (χ0) is 28.8. The van der Waals surface area contributed by atoms with E-state index in [9.17, 15) is 0 Å². The van der Waals surface area contributed by atoms with E-state index in [2.05, 4.69) is 144 Å². The zero-order valence-electron chi connectivity index (χ0n) is 23.5. The first kappa shape index (κ1) is 24.3. The van der Waals surface area contributed by atoms with Gasteiger partial charge in [-0.1, -0.05) is 66.7 Å². The summed E-state index contributed by atoms with van der Waals surface area (Å²) in [5.41, 5.74) is 5.21. The fourth-order valence-corrected chi connectivity index (χ4v) is 9.21. The summed E-state index contributed by atoms with van der Waals surface area (Å²) >= 11 is 3.72. The molecule has 0 saturated carbocycles. The summed E-state index contributed by atoms with van der Waals surface area (Å²) in [6, 6.07) is 50.5. The SMILES string of the molecule is c1ccc(N(c2ccc3c(c2)sc2ccccc23)c2ccc3oc4ccc5c6cc7ccccc7cc6sc5c4c3c2)cc1. The molecule has 44 heavy (non-hydrogen) atoms. The molecule has 0 aliphatic rings. The largest absolute Gasteiger partial charge is 0.456 e. The predicted molar refractivity (Wildman–Crippen MR) is 192 cm³/mol. The van der Waals surface area contributed by atoms with E-state index in [-0.39, 0.29) is 0 Å². The Bertz CT molecular complexity index is 2730. The van der Waals surface area contributed by atoms with Crippen LogP contribution < -0.4 is 4.90 Å². The average Bonchev–Trinajstić information content (AvgIpc) is 3.74. The van der Waals surface area contributed by atoms with Crippen LogP contribution in [0.15, 0.2) is 144 Å². The summed E-state index contributed by atoms with van der Waals surface area (Å²) in [5, 5.41) is 10.1. The third-order valence-electron chi connectivity index (χ3n) is 8.82. The van der Waals surface area contributed by atoms with Crippen LogP contribution >= 0.6 is 22.7 Å². The van der Waals surface area contributed by atoms with Crippen molar-refractivity contribution < 1.29 is 4.42 Å². The zero-order valence-corrected chi connectivity index (χ0v) is 25.1.